The van der Waals surface area contributed by atoms with Crippen molar-refractivity contribution in [3.63, 3.8) is 0 Å². The van der Waals surface area contributed by atoms with Crippen molar-refractivity contribution < 1.29 is 9.53 Å². The summed E-state index contributed by atoms with van der Waals surface area (Å²) in [6, 6.07) is 13.9. The SMILES string of the molecule is CCOc1ccccc1NC(=O)Nc1ccccc1Cl. The van der Waals surface area contributed by atoms with Crippen LogP contribution in [-0.2, 0) is 0 Å². The summed E-state index contributed by atoms with van der Waals surface area (Å²) in [7, 11) is 0. The highest BCUT2D eigenvalue weighted by molar-refractivity contribution is 6.33. The van der Waals surface area contributed by atoms with Crippen LogP contribution < -0.4 is 15.4 Å². The maximum Gasteiger partial charge on any atom is 0.323 e. The van der Waals surface area contributed by atoms with Gasteiger partial charge in [-0.1, -0.05) is 35.9 Å². The molecule has 0 spiro atoms. The number of anilines is 2. The van der Waals surface area contributed by atoms with Crippen molar-refractivity contribution in [2.75, 3.05) is 17.2 Å². The van der Waals surface area contributed by atoms with Crippen LogP contribution in [0.2, 0.25) is 5.02 Å². The number of benzene rings is 2. The van der Waals surface area contributed by atoms with Gasteiger partial charge >= 0.3 is 6.03 Å². The lowest BCUT2D eigenvalue weighted by Gasteiger charge is -2.12. The molecule has 4 nitrogen and oxygen atoms in total. The van der Waals surface area contributed by atoms with E-state index in [1.54, 1.807) is 36.4 Å². The highest BCUT2D eigenvalue weighted by Gasteiger charge is 2.08. The van der Waals surface area contributed by atoms with Crippen molar-refractivity contribution >= 4 is 29.0 Å². The van der Waals surface area contributed by atoms with Gasteiger partial charge in [0, 0.05) is 0 Å². The summed E-state index contributed by atoms with van der Waals surface area (Å²) < 4.78 is 5.44. The van der Waals surface area contributed by atoms with Crippen molar-refractivity contribution in [1.82, 2.24) is 0 Å². The third kappa shape index (κ3) is 3.65. The molecular formula is C15H15ClN2O2. The number of urea groups is 1. The third-order valence-corrected chi connectivity index (χ3v) is 2.89. The molecule has 2 amide bonds. The summed E-state index contributed by atoms with van der Waals surface area (Å²) >= 11 is 5.99. The van der Waals surface area contributed by atoms with Gasteiger partial charge in [0.25, 0.3) is 0 Å². The Balaban J connectivity index is 2.07. The lowest BCUT2D eigenvalue weighted by molar-refractivity contribution is 0.262. The van der Waals surface area contributed by atoms with Gasteiger partial charge in [0.1, 0.15) is 5.75 Å². The molecule has 5 heteroatoms. The summed E-state index contributed by atoms with van der Waals surface area (Å²) in [4.78, 5) is 12.0. The average Bonchev–Trinajstić information content (AvgIpc) is 2.44. The van der Waals surface area contributed by atoms with Crippen LogP contribution in [0.1, 0.15) is 6.92 Å². The zero-order chi connectivity index (χ0) is 14.4. The average molecular weight is 291 g/mol. The number of para-hydroxylation sites is 3. The van der Waals surface area contributed by atoms with Gasteiger partial charge in [-0.05, 0) is 31.2 Å². The molecule has 20 heavy (non-hydrogen) atoms. The molecule has 2 aromatic rings. The normalized spacial score (nSPS) is 9.90. The molecular weight excluding hydrogens is 276 g/mol. The molecule has 2 N–H and O–H groups in total. The zero-order valence-corrected chi connectivity index (χ0v) is 11.8. The van der Waals surface area contributed by atoms with Gasteiger partial charge in [0.2, 0.25) is 0 Å². The molecule has 0 saturated heterocycles. The van der Waals surface area contributed by atoms with Crippen LogP contribution in [0.5, 0.6) is 5.75 Å². The van der Waals surface area contributed by atoms with E-state index in [9.17, 15) is 4.79 Å². The fraction of sp³-hybridized carbons (Fsp3) is 0.133. The minimum Gasteiger partial charge on any atom is -0.492 e. The number of ether oxygens (including phenoxy) is 1. The predicted molar refractivity (Wildman–Crippen MR) is 81.7 cm³/mol. The number of rotatable bonds is 4. The van der Waals surface area contributed by atoms with E-state index in [4.69, 9.17) is 16.3 Å². The first kappa shape index (κ1) is 14.2. The van der Waals surface area contributed by atoms with E-state index in [0.29, 0.717) is 28.8 Å². The molecule has 0 saturated carbocycles. The quantitative estimate of drug-likeness (QED) is 0.878. The standard InChI is InChI=1S/C15H15ClN2O2/c1-2-20-14-10-6-5-9-13(14)18-15(19)17-12-8-4-3-7-11(12)16/h3-10H,2H2,1H3,(H2,17,18,19). The minimum absolute atomic E-state index is 0.370. The Morgan fingerprint density at radius 2 is 1.65 bits per heavy atom. The Kier molecular flexibility index (Phi) is 4.85. The van der Waals surface area contributed by atoms with Crippen LogP contribution in [0.3, 0.4) is 0 Å². The number of carbonyl (C=O) groups is 1. The van der Waals surface area contributed by atoms with Crippen molar-refractivity contribution in [1.29, 1.82) is 0 Å². The van der Waals surface area contributed by atoms with E-state index >= 15 is 0 Å². The highest BCUT2D eigenvalue weighted by atomic mass is 35.5. The number of hydrogen-bond donors (Lipinski definition) is 2. The fourth-order valence-electron chi connectivity index (χ4n) is 1.69. The van der Waals surface area contributed by atoms with Gasteiger partial charge < -0.3 is 15.4 Å². The Morgan fingerprint density at radius 1 is 1.05 bits per heavy atom. The van der Waals surface area contributed by atoms with Gasteiger partial charge in [-0.3, -0.25) is 0 Å². The first-order chi connectivity index (χ1) is 9.70. The second kappa shape index (κ2) is 6.82. The summed E-state index contributed by atoms with van der Waals surface area (Å²) in [5.74, 6) is 0.629. The monoisotopic (exact) mass is 290 g/mol. The van der Waals surface area contributed by atoms with E-state index in [1.807, 2.05) is 19.1 Å². The Labute approximate surface area is 122 Å². The molecule has 0 aliphatic rings. The maximum absolute atomic E-state index is 12.0. The first-order valence-corrected chi connectivity index (χ1v) is 6.63. The second-order valence-corrected chi connectivity index (χ2v) is 4.40. The fourth-order valence-corrected chi connectivity index (χ4v) is 1.87. The molecule has 0 bridgehead atoms. The highest BCUT2D eigenvalue weighted by Crippen LogP contribution is 2.25. The van der Waals surface area contributed by atoms with Crippen LogP contribution in [0, 0.1) is 0 Å². The van der Waals surface area contributed by atoms with E-state index in [0.717, 1.165) is 0 Å². The molecule has 0 aliphatic heterocycles. The predicted octanol–water partition coefficient (Wildman–Crippen LogP) is 4.38. The summed E-state index contributed by atoms with van der Waals surface area (Å²) in [6.45, 7) is 2.42. The van der Waals surface area contributed by atoms with E-state index < -0.39 is 0 Å². The van der Waals surface area contributed by atoms with E-state index in [-0.39, 0.29) is 6.03 Å². The molecule has 0 radical (unpaired) electrons. The molecule has 0 atom stereocenters. The maximum atomic E-state index is 12.0. The molecule has 0 aliphatic carbocycles. The van der Waals surface area contributed by atoms with Crippen LogP contribution in [0.25, 0.3) is 0 Å². The largest absolute Gasteiger partial charge is 0.492 e. The lowest BCUT2D eigenvalue weighted by Crippen LogP contribution is -2.20. The number of amides is 2. The van der Waals surface area contributed by atoms with Gasteiger partial charge in [0.05, 0.1) is 23.0 Å². The van der Waals surface area contributed by atoms with Crippen LogP contribution in [0.15, 0.2) is 48.5 Å². The number of hydrogen-bond acceptors (Lipinski definition) is 2. The number of carbonyl (C=O) groups excluding carboxylic acids is 1. The van der Waals surface area contributed by atoms with Crippen LogP contribution >= 0.6 is 11.6 Å². The molecule has 0 fully saturated rings. The first-order valence-electron chi connectivity index (χ1n) is 6.25. The van der Waals surface area contributed by atoms with Gasteiger partial charge in [0.15, 0.2) is 0 Å². The molecule has 104 valence electrons. The zero-order valence-electron chi connectivity index (χ0n) is 11.0. The second-order valence-electron chi connectivity index (χ2n) is 3.99. The summed E-state index contributed by atoms with van der Waals surface area (Å²) in [5.41, 5.74) is 1.17. The summed E-state index contributed by atoms with van der Waals surface area (Å²) in [6.07, 6.45) is 0. The molecule has 0 unspecified atom stereocenters. The van der Waals surface area contributed by atoms with E-state index in [2.05, 4.69) is 10.6 Å². The Bertz CT molecular complexity index is 602. The minimum atomic E-state index is -0.370. The molecule has 0 aromatic heterocycles. The Morgan fingerprint density at radius 3 is 2.35 bits per heavy atom. The van der Waals surface area contributed by atoms with Gasteiger partial charge in [-0.2, -0.15) is 0 Å². The van der Waals surface area contributed by atoms with Gasteiger partial charge in [-0.15, -0.1) is 0 Å². The number of nitrogens with one attached hydrogen (secondary N) is 2. The van der Waals surface area contributed by atoms with Crippen molar-refractivity contribution in [2.24, 2.45) is 0 Å². The van der Waals surface area contributed by atoms with Crippen molar-refractivity contribution in [2.45, 2.75) is 6.92 Å². The van der Waals surface area contributed by atoms with Crippen molar-refractivity contribution in [3.8, 4) is 5.75 Å². The topological polar surface area (TPSA) is 50.4 Å². The molecule has 2 rings (SSSR count). The number of halogens is 1. The third-order valence-electron chi connectivity index (χ3n) is 2.56. The molecule has 2 aromatic carbocycles. The lowest BCUT2D eigenvalue weighted by atomic mass is 10.3. The smallest absolute Gasteiger partial charge is 0.323 e. The van der Waals surface area contributed by atoms with E-state index in [1.165, 1.54) is 0 Å². The summed E-state index contributed by atoms with van der Waals surface area (Å²) in [5, 5.41) is 5.91. The van der Waals surface area contributed by atoms with Crippen LogP contribution in [-0.4, -0.2) is 12.6 Å². The molecule has 0 heterocycles. The van der Waals surface area contributed by atoms with Crippen LogP contribution in [0.4, 0.5) is 16.2 Å². The van der Waals surface area contributed by atoms with Crippen molar-refractivity contribution in [3.05, 3.63) is 53.6 Å². The Hall–Kier alpha value is -2.20. The van der Waals surface area contributed by atoms with Gasteiger partial charge in [-0.25, -0.2) is 4.79 Å².